The molecule has 1 heterocycles. The van der Waals surface area contributed by atoms with Crippen molar-refractivity contribution in [3.8, 4) is 5.75 Å². The lowest BCUT2D eigenvalue weighted by atomic mass is 9.77. The first kappa shape index (κ1) is 14.6. The van der Waals surface area contributed by atoms with Gasteiger partial charge in [-0.1, -0.05) is 19.9 Å². The monoisotopic (exact) mass is 274 g/mol. The van der Waals surface area contributed by atoms with Gasteiger partial charge >= 0.3 is 7.12 Å². The van der Waals surface area contributed by atoms with Gasteiger partial charge in [0.1, 0.15) is 11.6 Å². The van der Waals surface area contributed by atoms with Crippen molar-refractivity contribution >= 4 is 12.6 Å². The van der Waals surface area contributed by atoms with Gasteiger partial charge < -0.3 is 19.4 Å². The average molecular weight is 274 g/mol. The number of imidazole rings is 1. The van der Waals surface area contributed by atoms with Gasteiger partial charge in [0.2, 0.25) is 0 Å². The maximum absolute atomic E-state index is 9.47. The van der Waals surface area contributed by atoms with E-state index in [-0.39, 0.29) is 0 Å². The Labute approximate surface area is 119 Å². The van der Waals surface area contributed by atoms with E-state index in [9.17, 15) is 10.0 Å². The van der Waals surface area contributed by atoms with Gasteiger partial charge in [-0.2, -0.15) is 0 Å². The molecule has 20 heavy (non-hydrogen) atoms. The molecule has 5 nitrogen and oxygen atoms in total. The largest absolute Gasteiger partial charge is 0.497 e. The van der Waals surface area contributed by atoms with Crippen LogP contribution in [0.25, 0.3) is 0 Å². The molecule has 6 heteroatoms. The Hall–Kier alpha value is -1.79. The second kappa shape index (κ2) is 6.11. The van der Waals surface area contributed by atoms with E-state index in [1.165, 1.54) is 0 Å². The van der Waals surface area contributed by atoms with Crippen molar-refractivity contribution in [1.82, 2.24) is 9.55 Å². The van der Waals surface area contributed by atoms with E-state index in [0.29, 0.717) is 23.7 Å². The number of aromatic nitrogens is 2. The van der Waals surface area contributed by atoms with Crippen molar-refractivity contribution in [2.75, 3.05) is 7.11 Å². The van der Waals surface area contributed by atoms with Crippen LogP contribution in [0, 0.1) is 0 Å². The van der Waals surface area contributed by atoms with Gasteiger partial charge in [0.05, 0.1) is 7.11 Å². The number of benzene rings is 1. The molecule has 0 aliphatic rings. The Morgan fingerprint density at radius 3 is 2.70 bits per heavy atom. The molecule has 0 unspecified atom stereocenters. The van der Waals surface area contributed by atoms with E-state index in [4.69, 9.17) is 4.74 Å². The second-order valence-corrected chi connectivity index (χ2v) is 5.01. The molecule has 0 saturated carbocycles. The van der Waals surface area contributed by atoms with Crippen LogP contribution in [0.15, 0.2) is 30.6 Å². The summed E-state index contributed by atoms with van der Waals surface area (Å²) < 4.78 is 7.20. The molecule has 0 saturated heterocycles. The van der Waals surface area contributed by atoms with E-state index in [2.05, 4.69) is 18.8 Å². The minimum atomic E-state index is -1.50. The number of ether oxygens (including phenoxy) is 1. The van der Waals surface area contributed by atoms with Crippen LogP contribution in [0.2, 0.25) is 0 Å². The zero-order valence-electron chi connectivity index (χ0n) is 11.9. The maximum atomic E-state index is 9.47. The van der Waals surface area contributed by atoms with Crippen molar-refractivity contribution in [3.05, 3.63) is 42.0 Å². The lowest BCUT2D eigenvalue weighted by Crippen LogP contribution is -2.33. The molecule has 2 aromatic rings. The van der Waals surface area contributed by atoms with Crippen LogP contribution in [0.4, 0.5) is 0 Å². The minimum absolute atomic E-state index is 0.304. The average Bonchev–Trinajstić information content (AvgIpc) is 2.86. The third-order valence-corrected chi connectivity index (χ3v) is 3.23. The molecule has 0 radical (unpaired) electrons. The van der Waals surface area contributed by atoms with Crippen LogP contribution in [0.3, 0.4) is 0 Å². The Bertz CT molecular complexity index is 582. The quantitative estimate of drug-likeness (QED) is 0.789. The highest BCUT2D eigenvalue weighted by atomic mass is 16.5. The number of methoxy groups -OCH3 is 1. The zero-order valence-corrected chi connectivity index (χ0v) is 11.9. The van der Waals surface area contributed by atoms with Crippen LogP contribution >= 0.6 is 0 Å². The fraction of sp³-hybridized carbons (Fsp3) is 0.357. The van der Waals surface area contributed by atoms with Crippen molar-refractivity contribution in [2.24, 2.45) is 0 Å². The van der Waals surface area contributed by atoms with Crippen LogP contribution in [-0.4, -0.2) is 33.8 Å². The van der Waals surface area contributed by atoms with Crippen LogP contribution in [0.5, 0.6) is 5.75 Å². The summed E-state index contributed by atoms with van der Waals surface area (Å²) in [4.78, 5) is 4.34. The van der Waals surface area contributed by atoms with Gasteiger partial charge in [-0.3, -0.25) is 0 Å². The van der Waals surface area contributed by atoms with Crippen molar-refractivity contribution in [1.29, 1.82) is 0 Å². The van der Waals surface area contributed by atoms with Crippen molar-refractivity contribution < 1.29 is 14.8 Å². The summed E-state index contributed by atoms with van der Waals surface area (Å²) in [7, 11) is 0.0900. The summed E-state index contributed by atoms with van der Waals surface area (Å²) in [6.45, 7) is 4.68. The predicted molar refractivity (Wildman–Crippen MR) is 78.2 cm³/mol. The Balaban J connectivity index is 2.38. The zero-order chi connectivity index (χ0) is 14.7. The molecule has 0 aliphatic heterocycles. The van der Waals surface area contributed by atoms with Gasteiger partial charge in [0.25, 0.3) is 0 Å². The van der Waals surface area contributed by atoms with Crippen LogP contribution in [-0.2, 0) is 6.54 Å². The molecule has 1 aromatic carbocycles. The topological polar surface area (TPSA) is 67.5 Å². The summed E-state index contributed by atoms with van der Waals surface area (Å²) in [5.41, 5.74) is 1.29. The number of rotatable bonds is 5. The standard InChI is InChI=1S/C14H19BN2O3/c1-10(2)14-16-6-7-17(14)9-11-8-12(20-3)4-5-13(11)15(18)19/h4-8,10,18-19H,9H2,1-3H3. The number of nitrogens with zero attached hydrogens (tertiary/aromatic N) is 2. The summed E-state index contributed by atoms with van der Waals surface area (Å²) in [5, 5.41) is 18.9. The molecule has 0 amide bonds. The Morgan fingerprint density at radius 2 is 2.10 bits per heavy atom. The molecular weight excluding hydrogens is 255 g/mol. The summed E-state index contributed by atoms with van der Waals surface area (Å²) >= 11 is 0. The van der Waals surface area contributed by atoms with E-state index >= 15 is 0 Å². The molecule has 0 bridgehead atoms. The first-order chi connectivity index (χ1) is 9.52. The molecule has 0 aliphatic carbocycles. The summed E-state index contributed by atoms with van der Waals surface area (Å²) in [5.74, 6) is 1.96. The van der Waals surface area contributed by atoms with Crippen molar-refractivity contribution in [3.63, 3.8) is 0 Å². The van der Waals surface area contributed by atoms with E-state index in [1.54, 1.807) is 25.4 Å². The molecule has 0 spiro atoms. The van der Waals surface area contributed by atoms with Gasteiger partial charge in [-0.25, -0.2) is 4.98 Å². The number of hydrogen-bond donors (Lipinski definition) is 2. The number of hydrogen-bond acceptors (Lipinski definition) is 4. The van der Waals surface area contributed by atoms with E-state index in [0.717, 1.165) is 11.4 Å². The van der Waals surface area contributed by atoms with E-state index in [1.807, 2.05) is 16.8 Å². The van der Waals surface area contributed by atoms with Gasteiger partial charge in [-0.15, -0.1) is 0 Å². The van der Waals surface area contributed by atoms with Crippen LogP contribution < -0.4 is 10.2 Å². The normalized spacial score (nSPS) is 10.9. The first-order valence-electron chi connectivity index (χ1n) is 6.57. The molecule has 1 aromatic heterocycles. The van der Waals surface area contributed by atoms with Crippen LogP contribution in [0.1, 0.15) is 31.2 Å². The van der Waals surface area contributed by atoms with Gasteiger partial charge in [0, 0.05) is 24.9 Å². The highest BCUT2D eigenvalue weighted by molar-refractivity contribution is 6.59. The molecule has 106 valence electrons. The molecule has 0 atom stereocenters. The summed E-state index contributed by atoms with van der Waals surface area (Å²) in [6.07, 6.45) is 3.65. The maximum Gasteiger partial charge on any atom is 0.488 e. The van der Waals surface area contributed by atoms with E-state index < -0.39 is 7.12 Å². The lowest BCUT2D eigenvalue weighted by molar-refractivity contribution is 0.413. The highest BCUT2D eigenvalue weighted by Gasteiger charge is 2.18. The van der Waals surface area contributed by atoms with Gasteiger partial charge in [-0.05, 0) is 23.2 Å². The fourth-order valence-corrected chi connectivity index (χ4v) is 2.24. The fourth-order valence-electron chi connectivity index (χ4n) is 2.24. The predicted octanol–water partition coefficient (Wildman–Crippen LogP) is 0.743. The third-order valence-electron chi connectivity index (χ3n) is 3.23. The third kappa shape index (κ3) is 3.03. The molecular formula is C14H19BN2O3. The second-order valence-electron chi connectivity index (χ2n) is 5.01. The van der Waals surface area contributed by atoms with Gasteiger partial charge in [0.15, 0.2) is 0 Å². The molecule has 2 rings (SSSR count). The highest BCUT2D eigenvalue weighted by Crippen LogP contribution is 2.16. The Kier molecular flexibility index (Phi) is 4.47. The molecule has 0 fully saturated rings. The smallest absolute Gasteiger partial charge is 0.488 e. The Morgan fingerprint density at radius 1 is 1.35 bits per heavy atom. The first-order valence-corrected chi connectivity index (χ1v) is 6.57. The van der Waals surface area contributed by atoms with Crippen molar-refractivity contribution in [2.45, 2.75) is 26.3 Å². The SMILES string of the molecule is COc1ccc(B(O)O)c(Cn2ccnc2C(C)C)c1. The lowest BCUT2D eigenvalue weighted by Gasteiger charge is -2.14. The minimum Gasteiger partial charge on any atom is -0.497 e. The summed E-state index contributed by atoms with van der Waals surface area (Å²) in [6, 6.07) is 5.21. The molecule has 2 N–H and O–H groups in total.